The monoisotopic (exact) mass is 526 g/mol. The van der Waals surface area contributed by atoms with E-state index in [4.69, 9.17) is 9.47 Å². The molecule has 0 radical (unpaired) electrons. The fourth-order valence-corrected chi connectivity index (χ4v) is 3.16. The van der Waals surface area contributed by atoms with Crippen LogP contribution in [0.25, 0.3) is 10.9 Å². The fourth-order valence-electron chi connectivity index (χ4n) is 3.16. The number of hydrogen-bond acceptors (Lipinski definition) is 3. The molecule has 3 rings (SSSR count). The summed E-state index contributed by atoms with van der Waals surface area (Å²) in [5.41, 5.74) is 2.98. The Hall–Kier alpha value is -2.49. The number of fused-ring (bicyclic) bond motifs is 1. The molecule has 0 saturated carbocycles. The van der Waals surface area contributed by atoms with E-state index in [0.717, 1.165) is 52.5 Å². The second kappa shape index (κ2) is 11.6. The summed E-state index contributed by atoms with van der Waals surface area (Å²) < 4.78 is 24.2. The zero-order chi connectivity index (χ0) is 20.6. The van der Waals surface area contributed by atoms with Crippen molar-refractivity contribution in [1.82, 2.24) is 15.6 Å². The van der Waals surface area contributed by atoms with Gasteiger partial charge in [0.1, 0.15) is 17.3 Å². The lowest BCUT2D eigenvalue weighted by molar-refractivity contribution is 0.391. The lowest BCUT2D eigenvalue weighted by Gasteiger charge is -2.12. The van der Waals surface area contributed by atoms with Crippen molar-refractivity contribution in [2.75, 3.05) is 27.3 Å². The first-order valence-electron chi connectivity index (χ1n) is 9.63. The van der Waals surface area contributed by atoms with Gasteiger partial charge in [0, 0.05) is 41.8 Å². The summed E-state index contributed by atoms with van der Waals surface area (Å²) in [5, 5.41) is 7.49. The van der Waals surface area contributed by atoms with Crippen molar-refractivity contribution in [2.45, 2.75) is 19.9 Å². The Bertz CT molecular complexity index is 990. The van der Waals surface area contributed by atoms with Crippen LogP contribution in [-0.2, 0) is 13.0 Å². The minimum atomic E-state index is -0.227. The Kier molecular flexibility index (Phi) is 9.22. The molecule has 3 N–H and O–H groups in total. The van der Waals surface area contributed by atoms with Gasteiger partial charge in [-0.1, -0.05) is 0 Å². The Labute approximate surface area is 193 Å². The third-order valence-electron chi connectivity index (χ3n) is 4.66. The molecule has 0 aliphatic rings. The smallest absolute Gasteiger partial charge is 0.191 e. The van der Waals surface area contributed by atoms with Gasteiger partial charge in [0.2, 0.25) is 0 Å². The molecule has 162 valence electrons. The highest BCUT2D eigenvalue weighted by molar-refractivity contribution is 14.0. The van der Waals surface area contributed by atoms with Gasteiger partial charge < -0.3 is 25.1 Å². The van der Waals surface area contributed by atoms with Crippen LogP contribution in [0.5, 0.6) is 11.5 Å². The molecule has 0 bridgehead atoms. The number of halogens is 2. The van der Waals surface area contributed by atoms with Crippen molar-refractivity contribution in [1.29, 1.82) is 0 Å². The number of hydrogen-bond donors (Lipinski definition) is 3. The van der Waals surface area contributed by atoms with E-state index in [9.17, 15) is 4.39 Å². The second-order valence-electron chi connectivity index (χ2n) is 6.55. The number of aromatic amines is 1. The molecule has 2 aromatic carbocycles. The van der Waals surface area contributed by atoms with Crippen molar-refractivity contribution in [3.63, 3.8) is 0 Å². The fraction of sp³-hybridized carbons (Fsp3) is 0.318. The number of aromatic nitrogens is 1. The van der Waals surface area contributed by atoms with Crippen molar-refractivity contribution < 1.29 is 13.9 Å². The highest BCUT2D eigenvalue weighted by atomic mass is 127. The number of benzene rings is 2. The lowest BCUT2D eigenvalue weighted by Crippen LogP contribution is -2.38. The standard InChI is InChI=1S/C22H27FN4O2.HI/c1-4-24-22(27-14-16-5-7-18(28-2)12-21(16)29-3)25-10-9-15-13-26-20-8-6-17(23)11-19(15)20;/h5-8,11-13,26H,4,9-10,14H2,1-3H3,(H2,24,25,27);1H. The Balaban J connectivity index is 0.00000320. The predicted molar refractivity (Wildman–Crippen MR) is 130 cm³/mol. The topological polar surface area (TPSA) is 70.7 Å². The van der Waals surface area contributed by atoms with Gasteiger partial charge in [-0.15, -0.1) is 24.0 Å². The molecule has 8 heteroatoms. The van der Waals surface area contributed by atoms with E-state index in [-0.39, 0.29) is 29.8 Å². The molecular formula is C22H28FIN4O2. The third kappa shape index (κ3) is 6.01. The average Bonchev–Trinajstić information content (AvgIpc) is 3.13. The number of rotatable bonds is 8. The summed E-state index contributed by atoms with van der Waals surface area (Å²) in [6, 6.07) is 10.5. The minimum absolute atomic E-state index is 0. The van der Waals surface area contributed by atoms with Crippen LogP contribution in [0.3, 0.4) is 0 Å². The number of H-pyrrole nitrogens is 1. The third-order valence-corrected chi connectivity index (χ3v) is 4.66. The highest BCUT2D eigenvalue weighted by Gasteiger charge is 2.07. The Morgan fingerprint density at radius 2 is 1.90 bits per heavy atom. The summed E-state index contributed by atoms with van der Waals surface area (Å²) in [7, 11) is 3.26. The summed E-state index contributed by atoms with van der Waals surface area (Å²) >= 11 is 0. The van der Waals surface area contributed by atoms with E-state index < -0.39 is 0 Å². The van der Waals surface area contributed by atoms with E-state index in [1.807, 2.05) is 31.3 Å². The van der Waals surface area contributed by atoms with Crippen LogP contribution >= 0.6 is 24.0 Å². The maximum Gasteiger partial charge on any atom is 0.191 e. The molecule has 30 heavy (non-hydrogen) atoms. The van der Waals surface area contributed by atoms with E-state index in [2.05, 4.69) is 20.6 Å². The van der Waals surface area contributed by atoms with E-state index in [1.54, 1.807) is 26.4 Å². The minimum Gasteiger partial charge on any atom is -0.497 e. The molecule has 0 amide bonds. The zero-order valence-corrected chi connectivity index (χ0v) is 19.8. The zero-order valence-electron chi connectivity index (χ0n) is 17.4. The van der Waals surface area contributed by atoms with Gasteiger partial charge >= 0.3 is 0 Å². The number of methoxy groups -OCH3 is 2. The second-order valence-corrected chi connectivity index (χ2v) is 6.55. The molecule has 1 heterocycles. The van der Waals surface area contributed by atoms with Crippen LogP contribution in [0.1, 0.15) is 18.1 Å². The molecule has 0 aliphatic carbocycles. The van der Waals surface area contributed by atoms with Crippen LogP contribution in [0.4, 0.5) is 4.39 Å². The Morgan fingerprint density at radius 1 is 1.07 bits per heavy atom. The first kappa shape index (κ1) is 23.8. The molecule has 3 aromatic rings. The van der Waals surface area contributed by atoms with Crippen LogP contribution in [0.15, 0.2) is 47.6 Å². The summed E-state index contributed by atoms with van der Waals surface area (Å²) in [6.07, 6.45) is 2.68. The van der Waals surface area contributed by atoms with Gasteiger partial charge in [0.15, 0.2) is 5.96 Å². The molecule has 0 unspecified atom stereocenters. The van der Waals surface area contributed by atoms with Gasteiger partial charge in [0.25, 0.3) is 0 Å². The van der Waals surface area contributed by atoms with E-state index in [0.29, 0.717) is 13.1 Å². The number of nitrogens with zero attached hydrogens (tertiary/aromatic N) is 1. The molecule has 0 spiro atoms. The molecular weight excluding hydrogens is 498 g/mol. The average molecular weight is 526 g/mol. The van der Waals surface area contributed by atoms with Crippen molar-refractivity contribution in [3.05, 3.63) is 59.5 Å². The molecule has 0 aliphatic heterocycles. The molecule has 1 aromatic heterocycles. The summed E-state index contributed by atoms with van der Waals surface area (Å²) in [5.74, 6) is 1.98. The van der Waals surface area contributed by atoms with Gasteiger partial charge in [0.05, 0.1) is 20.8 Å². The number of nitrogens with one attached hydrogen (secondary N) is 3. The lowest BCUT2D eigenvalue weighted by atomic mass is 10.1. The van der Waals surface area contributed by atoms with Crippen molar-refractivity contribution in [2.24, 2.45) is 4.99 Å². The van der Waals surface area contributed by atoms with Gasteiger partial charge in [-0.25, -0.2) is 9.38 Å². The van der Waals surface area contributed by atoms with Crippen molar-refractivity contribution in [3.8, 4) is 11.5 Å². The number of aliphatic imine (C=N–C) groups is 1. The molecule has 0 atom stereocenters. The number of ether oxygens (including phenoxy) is 2. The Morgan fingerprint density at radius 3 is 2.63 bits per heavy atom. The van der Waals surface area contributed by atoms with E-state index in [1.165, 1.54) is 6.07 Å². The normalized spacial score (nSPS) is 11.1. The van der Waals surface area contributed by atoms with Gasteiger partial charge in [-0.2, -0.15) is 0 Å². The molecule has 0 saturated heterocycles. The number of guanidine groups is 1. The highest BCUT2D eigenvalue weighted by Crippen LogP contribution is 2.25. The van der Waals surface area contributed by atoms with Crippen molar-refractivity contribution >= 4 is 40.8 Å². The summed E-state index contributed by atoms with van der Waals surface area (Å²) in [4.78, 5) is 7.83. The maximum absolute atomic E-state index is 13.5. The maximum atomic E-state index is 13.5. The van der Waals surface area contributed by atoms with Crippen LogP contribution < -0.4 is 20.1 Å². The predicted octanol–water partition coefficient (Wildman–Crippen LogP) is 4.24. The molecule has 6 nitrogen and oxygen atoms in total. The first-order valence-corrected chi connectivity index (χ1v) is 9.63. The quantitative estimate of drug-likeness (QED) is 0.233. The largest absolute Gasteiger partial charge is 0.497 e. The van der Waals surface area contributed by atoms with Crippen LogP contribution in [0, 0.1) is 5.82 Å². The van der Waals surface area contributed by atoms with Gasteiger partial charge in [-0.05, 0) is 49.2 Å². The van der Waals surface area contributed by atoms with E-state index >= 15 is 0 Å². The summed E-state index contributed by atoms with van der Waals surface area (Å²) in [6.45, 7) is 3.92. The molecule has 0 fully saturated rings. The van der Waals surface area contributed by atoms with Crippen LogP contribution in [-0.4, -0.2) is 38.3 Å². The SMILES string of the molecule is CCNC(=NCc1ccc(OC)cc1OC)NCCc1c[nH]c2ccc(F)cc12.I. The van der Waals surface area contributed by atoms with Crippen LogP contribution in [0.2, 0.25) is 0 Å². The van der Waals surface area contributed by atoms with Gasteiger partial charge in [-0.3, -0.25) is 0 Å². The first-order chi connectivity index (χ1) is 14.1.